The van der Waals surface area contributed by atoms with Crippen molar-refractivity contribution in [3.63, 3.8) is 0 Å². The highest BCUT2D eigenvalue weighted by Gasteiger charge is 2.18. The fourth-order valence-electron chi connectivity index (χ4n) is 1.41. The van der Waals surface area contributed by atoms with Crippen LogP contribution < -0.4 is 11.1 Å². The Morgan fingerprint density at radius 2 is 2.11 bits per heavy atom. The van der Waals surface area contributed by atoms with Gasteiger partial charge in [-0.2, -0.15) is 0 Å². The van der Waals surface area contributed by atoms with Crippen LogP contribution in [0.2, 0.25) is 0 Å². The molecule has 7 heteroatoms. The van der Waals surface area contributed by atoms with Crippen LogP contribution in [-0.2, 0) is 9.84 Å². The smallest absolute Gasteiger partial charge is 0.188 e. The van der Waals surface area contributed by atoms with Gasteiger partial charge in [-0.1, -0.05) is 19.1 Å². The maximum absolute atomic E-state index is 13.4. The van der Waals surface area contributed by atoms with Gasteiger partial charge in [0, 0.05) is 13.1 Å². The van der Waals surface area contributed by atoms with E-state index in [9.17, 15) is 12.8 Å². The molecule has 1 aromatic rings. The summed E-state index contributed by atoms with van der Waals surface area (Å²) in [7, 11) is -3.66. The van der Waals surface area contributed by atoms with E-state index in [1.165, 1.54) is 18.2 Å². The third-order valence-corrected chi connectivity index (χ3v) is 4.10. The fraction of sp³-hybridized carbons (Fsp3) is 0.417. The zero-order chi connectivity index (χ0) is 14.3. The number of halogens is 1. The van der Waals surface area contributed by atoms with Crippen molar-refractivity contribution in [2.45, 2.75) is 18.2 Å². The van der Waals surface area contributed by atoms with E-state index in [1.807, 2.05) is 6.92 Å². The molecule has 0 saturated heterocycles. The summed E-state index contributed by atoms with van der Waals surface area (Å²) in [6, 6.07) is 5.30. The van der Waals surface area contributed by atoms with Gasteiger partial charge in [-0.15, -0.1) is 0 Å². The Labute approximate surface area is 112 Å². The van der Waals surface area contributed by atoms with Gasteiger partial charge in [-0.25, -0.2) is 12.8 Å². The minimum absolute atomic E-state index is 0.0930. The van der Waals surface area contributed by atoms with Crippen LogP contribution in [-0.4, -0.2) is 33.2 Å². The number of sulfone groups is 1. The van der Waals surface area contributed by atoms with E-state index in [0.717, 1.165) is 12.5 Å². The van der Waals surface area contributed by atoms with E-state index in [1.54, 1.807) is 0 Å². The molecule has 0 heterocycles. The zero-order valence-electron chi connectivity index (χ0n) is 10.8. The number of guanidine groups is 1. The van der Waals surface area contributed by atoms with E-state index >= 15 is 0 Å². The summed E-state index contributed by atoms with van der Waals surface area (Å²) in [4.78, 5) is 3.68. The molecule has 0 atom stereocenters. The van der Waals surface area contributed by atoms with Crippen LogP contribution in [0.5, 0.6) is 0 Å². The Balaban J connectivity index is 2.60. The highest BCUT2D eigenvalue weighted by atomic mass is 32.2. The van der Waals surface area contributed by atoms with E-state index in [2.05, 4.69) is 10.3 Å². The zero-order valence-corrected chi connectivity index (χ0v) is 11.6. The minimum atomic E-state index is -3.66. The van der Waals surface area contributed by atoms with Gasteiger partial charge in [-0.3, -0.25) is 4.99 Å². The van der Waals surface area contributed by atoms with Gasteiger partial charge in [-0.05, 0) is 18.6 Å². The van der Waals surface area contributed by atoms with Crippen molar-refractivity contribution < 1.29 is 12.8 Å². The molecule has 0 aromatic heterocycles. The first-order valence-corrected chi connectivity index (χ1v) is 7.63. The molecule has 1 aromatic carbocycles. The Morgan fingerprint density at radius 3 is 2.74 bits per heavy atom. The van der Waals surface area contributed by atoms with Gasteiger partial charge in [0.2, 0.25) is 0 Å². The van der Waals surface area contributed by atoms with E-state index in [4.69, 9.17) is 5.73 Å². The third kappa shape index (κ3) is 4.86. The Hall–Kier alpha value is -1.63. The van der Waals surface area contributed by atoms with Crippen molar-refractivity contribution >= 4 is 15.8 Å². The number of hydrogen-bond donors (Lipinski definition) is 2. The summed E-state index contributed by atoms with van der Waals surface area (Å²) in [5.41, 5.74) is 5.53. The predicted molar refractivity (Wildman–Crippen MR) is 73.2 cm³/mol. The molecule has 0 fully saturated rings. The molecule has 0 aliphatic rings. The predicted octanol–water partition coefficient (Wildman–Crippen LogP) is 0.914. The van der Waals surface area contributed by atoms with Crippen molar-refractivity contribution in [1.29, 1.82) is 0 Å². The first-order chi connectivity index (χ1) is 8.97. The molecule has 5 nitrogen and oxygen atoms in total. The Morgan fingerprint density at radius 1 is 1.42 bits per heavy atom. The summed E-state index contributed by atoms with van der Waals surface area (Å²) in [6.07, 6.45) is 0.857. The van der Waals surface area contributed by atoms with Crippen LogP contribution in [0.25, 0.3) is 0 Å². The van der Waals surface area contributed by atoms with Gasteiger partial charge < -0.3 is 11.1 Å². The van der Waals surface area contributed by atoms with Crippen molar-refractivity contribution in [2.24, 2.45) is 10.7 Å². The van der Waals surface area contributed by atoms with E-state index < -0.39 is 15.7 Å². The van der Waals surface area contributed by atoms with Gasteiger partial charge >= 0.3 is 0 Å². The second-order valence-electron chi connectivity index (χ2n) is 3.94. The quantitative estimate of drug-likeness (QED) is 0.602. The maximum atomic E-state index is 13.4. The highest BCUT2D eigenvalue weighted by molar-refractivity contribution is 7.91. The molecular formula is C12H18FN3O2S. The largest absolute Gasteiger partial charge is 0.370 e. The molecule has 0 amide bonds. The molecule has 0 spiro atoms. The van der Waals surface area contributed by atoms with Crippen LogP contribution in [0.3, 0.4) is 0 Å². The van der Waals surface area contributed by atoms with Crippen molar-refractivity contribution in [3.05, 3.63) is 30.1 Å². The lowest BCUT2D eigenvalue weighted by molar-refractivity contribution is 0.566. The van der Waals surface area contributed by atoms with Gasteiger partial charge in [0.05, 0.1) is 5.75 Å². The molecule has 0 aliphatic heterocycles. The van der Waals surface area contributed by atoms with Gasteiger partial charge in [0.25, 0.3) is 0 Å². The van der Waals surface area contributed by atoms with Crippen LogP contribution in [0, 0.1) is 5.82 Å². The van der Waals surface area contributed by atoms with Gasteiger partial charge in [0.15, 0.2) is 15.8 Å². The molecule has 0 aliphatic carbocycles. The molecule has 0 radical (unpaired) electrons. The standard InChI is InChI=1S/C12H18FN3O2S/c1-2-7-15-12(14)16-8-9-19(17,18)11-6-4-3-5-10(11)13/h3-6H,2,7-9H2,1H3,(H3,14,15,16). The lowest BCUT2D eigenvalue weighted by Crippen LogP contribution is -2.35. The van der Waals surface area contributed by atoms with Gasteiger partial charge in [0.1, 0.15) is 10.7 Å². The second-order valence-corrected chi connectivity index (χ2v) is 6.02. The first-order valence-electron chi connectivity index (χ1n) is 5.98. The highest BCUT2D eigenvalue weighted by Crippen LogP contribution is 2.14. The molecule has 19 heavy (non-hydrogen) atoms. The number of hydrogen-bond acceptors (Lipinski definition) is 3. The van der Waals surface area contributed by atoms with Crippen LogP contribution in [0.4, 0.5) is 4.39 Å². The second kappa shape index (κ2) is 7.08. The molecule has 0 saturated carbocycles. The van der Waals surface area contributed by atoms with Crippen molar-refractivity contribution in [1.82, 2.24) is 5.32 Å². The number of nitrogens with one attached hydrogen (secondary N) is 1. The lowest BCUT2D eigenvalue weighted by Gasteiger charge is -2.07. The Bertz CT molecular complexity index is 544. The SMILES string of the molecule is CCCN=C(N)NCCS(=O)(=O)c1ccccc1F. The number of nitrogens with zero attached hydrogens (tertiary/aromatic N) is 1. The van der Waals surface area contributed by atoms with E-state index in [0.29, 0.717) is 6.54 Å². The number of benzene rings is 1. The number of rotatable bonds is 6. The number of nitrogens with two attached hydrogens (primary N) is 1. The van der Waals surface area contributed by atoms with E-state index in [-0.39, 0.29) is 23.2 Å². The normalized spacial score (nSPS) is 12.4. The molecule has 0 bridgehead atoms. The monoisotopic (exact) mass is 287 g/mol. The van der Waals surface area contributed by atoms with Crippen molar-refractivity contribution in [3.8, 4) is 0 Å². The maximum Gasteiger partial charge on any atom is 0.188 e. The van der Waals surface area contributed by atoms with Crippen LogP contribution in [0.1, 0.15) is 13.3 Å². The lowest BCUT2D eigenvalue weighted by atomic mass is 10.3. The first kappa shape index (κ1) is 15.4. The Kier molecular flexibility index (Phi) is 5.75. The molecular weight excluding hydrogens is 269 g/mol. The summed E-state index contributed by atoms with van der Waals surface area (Å²) in [5, 5.41) is 2.69. The average Bonchev–Trinajstić information content (AvgIpc) is 2.36. The van der Waals surface area contributed by atoms with Crippen LogP contribution in [0.15, 0.2) is 34.2 Å². The summed E-state index contributed by atoms with van der Waals surface area (Å²) in [6.45, 7) is 2.63. The summed E-state index contributed by atoms with van der Waals surface area (Å²) < 4.78 is 37.2. The fourth-order valence-corrected chi connectivity index (χ4v) is 2.65. The number of aliphatic imine (C=N–C) groups is 1. The summed E-state index contributed by atoms with van der Waals surface area (Å²) >= 11 is 0. The van der Waals surface area contributed by atoms with Crippen LogP contribution >= 0.6 is 0 Å². The molecule has 0 unspecified atom stereocenters. The topological polar surface area (TPSA) is 84.5 Å². The van der Waals surface area contributed by atoms with Crippen molar-refractivity contribution in [2.75, 3.05) is 18.8 Å². The third-order valence-electron chi connectivity index (χ3n) is 2.35. The molecule has 106 valence electrons. The minimum Gasteiger partial charge on any atom is -0.370 e. The molecule has 3 N–H and O–H groups in total. The summed E-state index contributed by atoms with van der Waals surface area (Å²) in [5.74, 6) is -0.781. The average molecular weight is 287 g/mol. The molecule has 1 rings (SSSR count).